The summed E-state index contributed by atoms with van der Waals surface area (Å²) in [5, 5.41) is 2.64. The van der Waals surface area contributed by atoms with Crippen molar-refractivity contribution in [2.45, 2.75) is 59.6 Å². The predicted molar refractivity (Wildman–Crippen MR) is 122 cm³/mol. The van der Waals surface area contributed by atoms with Crippen LogP contribution in [-0.2, 0) is 14.3 Å². The molecular formula is C24H29BrFNO4. The van der Waals surface area contributed by atoms with Crippen molar-refractivity contribution in [2.24, 2.45) is 0 Å². The van der Waals surface area contributed by atoms with Gasteiger partial charge >= 0.3 is 12.1 Å². The summed E-state index contributed by atoms with van der Waals surface area (Å²) in [4.78, 5) is 24.6. The molecule has 0 heterocycles. The summed E-state index contributed by atoms with van der Waals surface area (Å²) in [5.74, 6) is -1.03. The molecule has 2 aromatic carbocycles. The number of ether oxygens (including phenoxy) is 2. The highest BCUT2D eigenvalue weighted by atomic mass is 79.9. The molecule has 0 radical (unpaired) electrons. The highest BCUT2D eigenvalue weighted by Gasteiger charge is 2.27. The molecule has 5 nitrogen and oxygen atoms in total. The van der Waals surface area contributed by atoms with Crippen LogP contribution in [0.4, 0.5) is 9.18 Å². The molecule has 0 saturated heterocycles. The Labute approximate surface area is 191 Å². The van der Waals surface area contributed by atoms with Crippen LogP contribution in [0.1, 0.15) is 56.8 Å². The summed E-state index contributed by atoms with van der Waals surface area (Å²) in [6.07, 6.45) is -0.955. The molecule has 1 atom stereocenters. The Morgan fingerprint density at radius 3 is 2.42 bits per heavy atom. The fraction of sp³-hybridized carbons (Fsp3) is 0.417. The number of rotatable bonds is 6. The second-order valence-electron chi connectivity index (χ2n) is 8.34. The van der Waals surface area contributed by atoms with Crippen LogP contribution in [0.5, 0.6) is 0 Å². The number of benzene rings is 2. The van der Waals surface area contributed by atoms with Gasteiger partial charge in [0, 0.05) is 10.0 Å². The summed E-state index contributed by atoms with van der Waals surface area (Å²) < 4.78 is 26.4. The molecular weight excluding hydrogens is 465 g/mol. The van der Waals surface area contributed by atoms with Crippen LogP contribution in [0, 0.1) is 19.7 Å². The van der Waals surface area contributed by atoms with E-state index < -0.39 is 29.5 Å². The molecule has 2 rings (SSSR count). The van der Waals surface area contributed by atoms with Gasteiger partial charge in [-0.15, -0.1) is 0 Å². The van der Waals surface area contributed by atoms with E-state index >= 15 is 4.39 Å². The van der Waals surface area contributed by atoms with Crippen molar-refractivity contribution in [2.75, 3.05) is 6.61 Å². The first kappa shape index (κ1) is 24.9. The Morgan fingerprint density at radius 1 is 1.16 bits per heavy atom. The van der Waals surface area contributed by atoms with Crippen LogP contribution in [0.3, 0.4) is 0 Å². The van der Waals surface area contributed by atoms with Crippen molar-refractivity contribution in [1.29, 1.82) is 0 Å². The van der Waals surface area contributed by atoms with E-state index in [-0.39, 0.29) is 18.6 Å². The maximum atomic E-state index is 15.2. The molecule has 0 aliphatic carbocycles. The Balaban J connectivity index is 2.54. The molecule has 0 saturated carbocycles. The Kier molecular flexibility index (Phi) is 8.23. The minimum atomic E-state index is -0.949. The van der Waals surface area contributed by atoms with Gasteiger partial charge in [0.05, 0.1) is 19.1 Å². The molecule has 31 heavy (non-hydrogen) atoms. The summed E-state index contributed by atoms with van der Waals surface area (Å²) >= 11 is 3.57. The van der Waals surface area contributed by atoms with E-state index in [2.05, 4.69) is 21.2 Å². The van der Waals surface area contributed by atoms with Crippen LogP contribution in [0.15, 0.2) is 34.8 Å². The molecule has 1 amide bonds. The summed E-state index contributed by atoms with van der Waals surface area (Å²) in [7, 11) is 0. The van der Waals surface area contributed by atoms with Crippen molar-refractivity contribution in [3.05, 3.63) is 57.3 Å². The monoisotopic (exact) mass is 493 g/mol. The zero-order chi connectivity index (χ0) is 23.3. The minimum Gasteiger partial charge on any atom is -0.466 e. The van der Waals surface area contributed by atoms with Crippen molar-refractivity contribution in [3.8, 4) is 11.1 Å². The molecule has 0 spiro atoms. The Hall–Kier alpha value is -2.41. The van der Waals surface area contributed by atoms with Gasteiger partial charge in [0.1, 0.15) is 11.4 Å². The van der Waals surface area contributed by atoms with Gasteiger partial charge in [-0.25, -0.2) is 9.18 Å². The first-order valence-electron chi connectivity index (χ1n) is 10.1. The fourth-order valence-corrected chi connectivity index (χ4v) is 3.96. The highest BCUT2D eigenvalue weighted by Crippen LogP contribution is 2.35. The van der Waals surface area contributed by atoms with E-state index in [0.717, 1.165) is 21.2 Å². The normalized spacial score (nSPS) is 12.3. The summed E-state index contributed by atoms with van der Waals surface area (Å²) in [6.45, 7) is 10.7. The second-order valence-corrected chi connectivity index (χ2v) is 9.19. The van der Waals surface area contributed by atoms with Gasteiger partial charge in [0.25, 0.3) is 0 Å². The average molecular weight is 494 g/mol. The molecule has 7 heteroatoms. The lowest BCUT2D eigenvalue weighted by molar-refractivity contribution is -0.143. The topological polar surface area (TPSA) is 64.6 Å². The van der Waals surface area contributed by atoms with Gasteiger partial charge in [0.2, 0.25) is 0 Å². The minimum absolute atomic E-state index is 0.190. The van der Waals surface area contributed by atoms with E-state index in [4.69, 9.17) is 9.47 Å². The number of carbonyl (C=O) groups is 2. The predicted octanol–water partition coefficient (Wildman–Crippen LogP) is 6.39. The number of esters is 1. The second kappa shape index (κ2) is 10.3. The molecule has 0 aliphatic heterocycles. The lowest BCUT2D eigenvalue weighted by Crippen LogP contribution is -2.36. The number of hydrogen-bond acceptors (Lipinski definition) is 4. The molecule has 168 valence electrons. The van der Waals surface area contributed by atoms with Crippen LogP contribution < -0.4 is 5.32 Å². The van der Waals surface area contributed by atoms with Crippen molar-refractivity contribution in [3.63, 3.8) is 0 Å². The largest absolute Gasteiger partial charge is 0.466 e. The number of hydrogen-bond donors (Lipinski definition) is 1. The fourth-order valence-electron chi connectivity index (χ4n) is 3.27. The third kappa shape index (κ3) is 6.79. The maximum absolute atomic E-state index is 15.2. The number of aryl methyl sites for hydroxylation is 2. The highest BCUT2D eigenvalue weighted by molar-refractivity contribution is 9.10. The third-order valence-corrected chi connectivity index (χ3v) is 5.20. The third-order valence-electron chi connectivity index (χ3n) is 4.54. The first-order valence-corrected chi connectivity index (χ1v) is 10.9. The molecule has 0 aliphatic rings. The lowest BCUT2D eigenvalue weighted by Gasteiger charge is -2.25. The van der Waals surface area contributed by atoms with Crippen molar-refractivity contribution < 1.29 is 23.5 Å². The molecule has 0 bridgehead atoms. The SMILES string of the molecule is CCOC(=O)C[C@H](NC(=O)OC(C)(C)C)c1cc(-c2c(C)cccc2Br)cc(C)c1F. The zero-order valence-corrected chi connectivity index (χ0v) is 20.4. The summed E-state index contributed by atoms with van der Waals surface area (Å²) in [6, 6.07) is 8.27. The first-order chi connectivity index (χ1) is 14.4. The van der Waals surface area contributed by atoms with Crippen LogP contribution in [0.2, 0.25) is 0 Å². The van der Waals surface area contributed by atoms with Gasteiger partial charge in [-0.3, -0.25) is 4.79 Å². The van der Waals surface area contributed by atoms with Gasteiger partial charge in [-0.2, -0.15) is 0 Å². The maximum Gasteiger partial charge on any atom is 0.408 e. The molecule has 0 fully saturated rings. The van der Waals surface area contributed by atoms with Gasteiger partial charge in [-0.05, 0) is 82.0 Å². The van der Waals surface area contributed by atoms with Gasteiger partial charge < -0.3 is 14.8 Å². The van der Waals surface area contributed by atoms with Gasteiger partial charge in [0.15, 0.2) is 0 Å². The molecule has 1 N–H and O–H groups in total. The van der Waals surface area contributed by atoms with Crippen LogP contribution >= 0.6 is 15.9 Å². The standard InChI is InChI=1S/C24H29BrFNO4/c1-7-30-20(28)13-19(27-23(29)31-24(4,5)6)17-12-16(11-15(3)22(17)26)21-14(2)9-8-10-18(21)25/h8-12,19H,7,13H2,1-6H3,(H,27,29)/t19-/m0/s1. The van der Waals surface area contributed by atoms with Gasteiger partial charge in [-0.1, -0.05) is 28.1 Å². The van der Waals surface area contributed by atoms with Crippen LogP contribution in [-0.4, -0.2) is 24.3 Å². The molecule has 0 aromatic heterocycles. The van der Waals surface area contributed by atoms with E-state index in [9.17, 15) is 9.59 Å². The average Bonchev–Trinajstić information content (AvgIpc) is 2.62. The molecule has 0 unspecified atom stereocenters. The molecule has 2 aromatic rings. The number of carbonyl (C=O) groups excluding carboxylic acids is 2. The Bertz CT molecular complexity index is 949. The zero-order valence-electron chi connectivity index (χ0n) is 18.8. The smallest absolute Gasteiger partial charge is 0.408 e. The number of nitrogens with one attached hydrogen (secondary N) is 1. The number of alkyl carbamates (subject to hydrolysis) is 1. The quantitative estimate of drug-likeness (QED) is 0.473. The lowest BCUT2D eigenvalue weighted by atomic mass is 9.93. The number of halogens is 2. The van der Waals surface area contributed by atoms with Crippen molar-refractivity contribution >= 4 is 28.0 Å². The van der Waals surface area contributed by atoms with E-state index in [0.29, 0.717) is 5.56 Å². The van der Waals surface area contributed by atoms with Crippen LogP contribution in [0.25, 0.3) is 11.1 Å². The Morgan fingerprint density at radius 2 is 1.84 bits per heavy atom. The number of amides is 1. The van der Waals surface area contributed by atoms with Crippen molar-refractivity contribution in [1.82, 2.24) is 5.32 Å². The summed E-state index contributed by atoms with van der Waals surface area (Å²) in [5.41, 5.74) is 2.57. The van der Waals surface area contributed by atoms with E-state index in [1.807, 2.05) is 25.1 Å². The van der Waals surface area contributed by atoms with E-state index in [1.54, 1.807) is 46.8 Å². The van der Waals surface area contributed by atoms with E-state index in [1.165, 1.54) is 0 Å².